The summed E-state index contributed by atoms with van der Waals surface area (Å²) in [7, 11) is 3.05. The lowest BCUT2D eigenvalue weighted by atomic mass is 10.3. The van der Waals surface area contributed by atoms with Crippen molar-refractivity contribution in [2.24, 2.45) is 4.99 Å². The summed E-state index contributed by atoms with van der Waals surface area (Å²) in [5.74, 6) is 0.123. The van der Waals surface area contributed by atoms with Crippen LogP contribution < -0.4 is 10.6 Å². The van der Waals surface area contributed by atoms with Gasteiger partial charge in [-0.3, -0.25) is 9.89 Å². The highest BCUT2D eigenvalue weighted by Gasteiger charge is 2.28. The third kappa shape index (κ3) is 8.42. The molecule has 0 radical (unpaired) electrons. The Morgan fingerprint density at radius 1 is 1.43 bits per heavy atom. The van der Waals surface area contributed by atoms with Gasteiger partial charge in [-0.05, 0) is 40.8 Å². The van der Waals surface area contributed by atoms with Crippen LogP contribution in [0.4, 0.5) is 13.2 Å². The van der Waals surface area contributed by atoms with Crippen LogP contribution in [-0.4, -0.2) is 68.3 Å². The van der Waals surface area contributed by atoms with E-state index in [9.17, 15) is 18.0 Å². The second-order valence-electron chi connectivity index (χ2n) is 6.26. The number of thiazole rings is 1. The smallest absolute Gasteiger partial charge is 0.401 e. The number of nitrogens with one attached hydrogen (secondary N) is 2. The number of ether oxygens (including phenoxy) is 1. The van der Waals surface area contributed by atoms with E-state index in [2.05, 4.69) is 20.6 Å². The van der Waals surface area contributed by atoms with Crippen molar-refractivity contribution in [2.45, 2.75) is 39.4 Å². The monoisotopic (exact) mass is 423 g/mol. The molecule has 1 atom stereocenters. The normalized spacial score (nSPS) is 13.5. The van der Waals surface area contributed by atoms with Gasteiger partial charge in [0.05, 0.1) is 24.9 Å². The highest BCUT2D eigenvalue weighted by molar-refractivity contribution is 7.13. The highest BCUT2D eigenvalue weighted by Crippen LogP contribution is 2.24. The van der Waals surface area contributed by atoms with Gasteiger partial charge < -0.3 is 15.4 Å². The van der Waals surface area contributed by atoms with Crippen LogP contribution in [0.15, 0.2) is 4.99 Å². The predicted molar refractivity (Wildman–Crippen MR) is 104 cm³/mol. The number of halogens is 3. The number of aliphatic imine (C=N–C) groups is 1. The molecule has 28 heavy (non-hydrogen) atoms. The van der Waals surface area contributed by atoms with Gasteiger partial charge in [-0.25, -0.2) is 9.78 Å². The van der Waals surface area contributed by atoms with Crippen LogP contribution >= 0.6 is 11.3 Å². The van der Waals surface area contributed by atoms with Crippen molar-refractivity contribution < 1.29 is 22.7 Å². The predicted octanol–water partition coefficient (Wildman–Crippen LogP) is 2.74. The zero-order valence-corrected chi connectivity index (χ0v) is 17.6. The van der Waals surface area contributed by atoms with E-state index in [4.69, 9.17) is 4.74 Å². The molecule has 0 aromatic carbocycles. The molecule has 160 valence electrons. The van der Waals surface area contributed by atoms with Crippen LogP contribution in [0.1, 0.15) is 46.7 Å². The SMILES string of the molecule is CCOC(=O)c1sc(C(C)NC(=NC)NCCCN(C)CC(F)(F)F)nc1C. The standard InChI is InChI=1S/C17H28F3N5O2S/c1-6-27-15(26)13-11(2)23-14(28-13)12(3)24-16(21-4)22-8-7-9-25(5)10-17(18,19)20/h12H,6-10H2,1-5H3,(H2,21,22,24). The number of nitrogens with zero attached hydrogens (tertiary/aromatic N) is 3. The topological polar surface area (TPSA) is 78.8 Å². The fourth-order valence-corrected chi connectivity index (χ4v) is 3.35. The molecule has 0 aliphatic rings. The van der Waals surface area contributed by atoms with Crippen molar-refractivity contribution in [3.8, 4) is 0 Å². The summed E-state index contributed by atoms with van der Waals surface area (Å²) in [6, 6.07) is -0.203. The van der Waals surface area contributed by atoms with Crippen LogP contribution in [-0.2, 0) is 4.74 Å². The van der Waals surface area contributed by atoms with Crippen molar-refractivity contribution in [1.29, 1.82) is 0 Å². The Bertz CT molecular complexity index is 664. The Hall–Kier alpha value is -1.88. The third-order valence-corrected chi connectivity index (χ3v) is 5.00. The molecule has 1 unspecified atom stereocenters. The van der Waals surface area contributed by atoms with Crippen LogP contribution in [0.5, 0.6) is 0 Å². The van der Waals surface area contributed by atoms with E-state index in [0.717, 1.165) is 0 Å². The molecule has 0 aliphatic carbocycles. The Morgan fingerprint density at radius 2 is 2.11 bits per heavy atom. The van der Waals surface area contributed by atoms with Gasteiger partial charge in [0.15, 0.2) is 5.96 Å². The van der Waals surface area contributed by atoms with Crippen molar-refractivity contribution in [3.05, 3.63) is 15.6 Å². The van der Waals surface area contributed by atoms with Crippen molar-refractivity contribution in [1.82, 2.24) is 20.5 Å². The first-order chi connectivity index (χ1) is 13.1. The van der Waals surface area contributed by atoms with Gasteiger partial charge in [0, 0.05) is 13.6 Å². The van der Waals surface area contributed by atoms with E-state index in [1.54, 1.807) is 20.9 Å². The molecular formula is C17H28F3N5O2S. The summed E-state index contributed by atoms with van der Waals surface area (Å²) in [5, 5.41) is 6.95. The molecule has 1 aromatic rings. The van der Waals surface area contributed by atoms with E-state index in [1.165, 1.54) is 23.3 Å². The minimum atomic E-state index is -4.19. The lowest BCUT2D eigenvalue weighted by Crippen LogP contribution is -2.40. The third-order valence-electron chi connectivity index (χ3n) is 3.68. The fraction of sp³-hybridized carbons (Fsp3) is 0.706. The highest BCUT2D eigenvalue weighted by atomic mass is 32.1. The molecule has 1 aromatic heterocycles. The maximum atomic E-state index is 12.3. The van der Waals surface area contributed by atoms with Crippen LogP contribution in [0.25, 0.3) is 0 Å². The van der Waals surface area contributed by atoms with Gasteiger partial charge in [0.1, 0.15) is 9.88 Å². The molecule has 0 saturated carbocycles. The number of hydrogen-bond acceptors (Lipinski definition) is 6. The van der Waals surface area contributed by atoms with Gasteiger partial charge >= 0.3 is 12.1 Å². The Morgan fingerprint density at radius 3 is 2.68 bits per heavy atom. The molecule has 0 saturated heterocycles. The Labute approximate surface area is 167 Å². The number of aryl methyl sites for hydroxylation is 1. The minimum absolute atomic E-state index is 0.203. The summed E-state index contributed by atoms with van der Waals surface area (Å²) in [4.78, 5) is 22.1. The molecule has 11 heteroatoms. The molecular weight excluding hydrogens is 395 g/mol. The average Bonchev–Trinajstić information content (AvgIpc) is 2.98. The molecule has 1 rings (SSSR count). The quantitative estimate of drug-likeness (QED) is 0.275. The largest absolute Gasteiger partial charge is 0.462 e. The first-order valence-corrected chi connectivity index (χ1v) is 9.76. The van der Waals surface area contributed by atoms with Gasteiger partial charge in [0.25, 0.3) is 0 Å². The van der Waals surface area contributed by atoms with Gasteiger partial charge in [0.2, 0.25) is 0 Å². The van der Waals surface area contributed by atoms with Gasteiger partial charge in [-0.1, -0.05) is 0 Å². The number of guanidine groups is 1. The van der Waals surface area contributed by atoms with Crippen LogP contribution in [0, 0.1) is 6.92 Å². The zero-order chi connectivity index (χ0) is 21.3. The summed E-state index contributed by atoms with van der Waals surface area (Å²) in [6.07, 6.45) is -3.66. The van der Waals surface area contributed by atoms with Crippen molar-refractivity contribution in [3.63, 3.8) is 0 Å². The first-order valence-electron chi connectivity index (χ1n) is 8.94. The minimum Gasteiger partial charge on any atom is -0.462 e. The molecule has 7 nitrogen and oxygen atoms in total. The zero-order valence-electron chi connectivity index (χ0n) is 16.8. The molecule has 0 fully saturated rings. The summed E-state index contributed by atoms with van der Waals surface area (Å²) in [5.41, 5.74) is 0.614. The second-order valence-corrected chi connectivity index (χ2v) is 7.29. The summed E-state index contributed by atoms with van der Waals surface area (Å²) in [6.45, 7) is 5.54. The number of aromatic nitrogens is 1. The van der Waals surface area contributed by atoms with Crippen molar-refractivity contribution in [2.75, 3.05) is 40.3 Å². The van der Waals surface area contributed by atoms with Gasteiger partial charge in [-0.2, -0.15) is 13.2 Å². The molecule has 0 spiro atoms. The number of rotatable bonds is 9. The number of hydrogen-bond donors (Lipinski definition) is 2. The fourth-order valence-electron chi connectivity index (χ4n) is 2.39. The average molecular weight is 424 g/mol. The first kappa shape index (κ1) is 24.2. The van der Waals surface area contributed by atoms with E-state index in [-0.39, 0.29) is 12.0 Å². The van der Waals surface area contributed by atoms with E-state index < -0.39 is 12.7 Å². The lowest BCUT2D eigenvalue weighted by Gasteiger charge is -2.19. The Balaban J connectivity index is 2.50. The number of carbonyl (C=O) groups excluding carboxylic acids is 1. The second kappa shape index (κ2) is 11.2. The maximum Gasteiger partial charge on any atom is 0.401 e. The number of esters is 1. The molecule has 1 heterocycles. The summed E-state index contributed by atoms with van der Waals surface area (Å²) < 4.78 is 41.9. The Kier molecular flexibility index (Phi) is 9.66. The van der Waals surface area contributed by atoms with E-state index in [0.29, 0.717) is 47.7 Å². The summed E-state index contributed by atoms with van der Waals surface area (Å²) >= 11 is 1.26. The molecule has 2 N–H and O–H groups in total. The number of carbonyl (C=O) groups is 1. The van der Waals surface area contributed by atoms with Gasteiger partial charge in [-0.15, -0.1) is 11.3 Å². The van der Waals surface area contributed by atoms with Crippen LogP contribution in [0.2, 0.25) is 0 Å². The van der Waals surface area contributed by atoms with E-state index >= 15 is 0 Å². The lowest BCUT2D eigenvalue weighted by molar-refractivity contribution is -0.143. The number of alkyl halides is 3. The van der Waals surface area contributed by atoms with Crippen LogP contribution in [0.3, 0.4) is 0 Å². The molecule has 0 amide bonds. The molecule has 0 aliphatic heterocycles. The van der Waals surface area contributed by atoms with E-state index in [1.807, 2.05) is 6.92 Å². The maximum absolute atomic E-state index is 12.3. The molecule has 0 bridgehead atoms. The van der Waals surface area contributed by atoms with Crippen molar-refractivity contribution >= 4 is 23.3 Å².